The zero-order valence-corrected chi connectivity index (χ0v) is 13.2. The smallest absolute Gasteiger partial charge is 0.329 e. The molecule has 108 valence electrons. The Morgan fingerprint density at radius 2 is 2.00 bits per heavy atom. The van der Waals surface area contributed by atoms with E-state index in [9.17, 15) is 14.4 Å². The van der Waals surface area contributed by atoms with E-state index >= 15 is 0 Å². The van der Waals surface area contributed by atoms with Crippen molar-refractivity contribution in [3.63, 3.8) is 0 Å². The number of Topliss-reactive ketones (excluding diaryl/α,β-unsaturated/α-hetero) is 1. The fourth-order valence-electron chi connectivity index (χ4n) is 1.97. The van der Waals surface area contributed by atoms with Crippen LogP contribution in [-0.2, 0) is 19.1 Å². The van der Waals surface area contributed by atoms with E-state index in [1.54, 1.807) is 13.8 Å². The van der Waals surface area contributed by atoms with Gasteiger partial charge in [-0.15, -0.1) is 11.8 Å². The van der Waals surface area contributed by atoms with Crippen molar-refractivity contribution >= 4 is 42.1 Å². The predicted molar refractivity (Wildman–Crippen MR) is 77.2 cm³/mol. The number of thioether (sulfide) groups is 1. The summed E-state index contributed by atoms with van der Waals surface area (Å²) in [6.45, 7) is 4.75. The molecule has 0 aliphatic carbocycles. The maximum absolute atomic E-state index is 12.5. The largest absolute Gasteiger partial charge is 0.467 e. The number of esters is 1. The van der Waals surface area contributed by atoms with Crippen molar-refractivity contribution in [3.8, 4) is 0 Å². The fraction of sp³-hybridized carbons (Fsp3) is 0.750. The van der Waals surface area contributed by atoms with Crippen molar-refractivity contribution in [3.05, 3.63) is 0 Å². The van der Waals surface area contributed by atoms with E-state index in [2.05, 4.69) is 12.6 Å². The third-order valence-corrected chi connectivity index (χ3v) is 5.26. The summed E-state index contributed by atoms with van der Waals surface area (Å²) >= 11 is 5.71. The van der Waals surface area contributed by atoms with Crippen LogP contribution in [-0.4, -0.2) is 52.6 Å². The normalized spacial score (nSPS) is 21.1. The number of methoxy groups -OCH3 is 1. The fourth-order valence-corrected chi connectivity index (χ4v) is 3.22. The number of rotatable bonds is 4. The molecule has 0 radical (unpaired) electrons. The Morgan fingerprint density at radius 3 is 2.47 bits per heavy atom. The molecule has 0 bridgehead atoms. The maximum atomic E-state index is 12.5. The lowest BCUT2D eigenvalue weighted by atomic mass is 9.85. The molecule has 1 rings (SSSR count). The van der Waals surface area contributed by atoms with Crippen LogP contribution in [0.15, 0.2) is 0 Å². The van der Waals surface area contributed by atoms with Gasteiger partial charge in [0.15, 0.2) is 0 Å². The molecule has 0 spiro atoms. The van der Waals surface area contributed by atoms with Crippen LogP contribution in [0.3, 0.4) is 0 Å². The van der Waals surface area contributed by atoms with Crippen LogP contribution in [0.25, 0.3) is 0 Å². The Labute approximate surface area is 122 Å². The Bertz CT molecular complexity index is 397. The zero-order chi connectivity index (χ0) is 14.8. The van der Waals surface area contributed by atoms with Crippen molar-refractivity contribution in [2.24, 2.45) is 5.41 Å². The highest BCUT2D eigenvalue weighted by Gasteiger charge is 2.45. The molecule has 0 aromatic heterocycles. The second-order valence-corrected chi connectivity index (χ2v) is 6.56. The quantitative estimate of drug-likeness (QED) is 0.619. The van der Waals surface area contributed by atoms with Crippen LogP contribution in [0, 0.1) is 5.41 Å². The molecule has 1 aliphatic heterocycles. The SMILES string of the molecule is COC(=O)C1CSCN1C(=O)C(C)(C)C(S)C(C)=O. The molecular formula is C12H19NO4S2. The minimum absolute atomic E-state index is 0.164. The third kappa shape index (κ3) is 3.25. The van der Waals surface area contributed by atoms with Gasteiger partial charge in [-0.05, 0) is 20.8 Å². The highest BCUT2D eigenvalue weighted by atomic mass is 32.2. The molecule has 2 unspecified atom stereocenters. The molecule has 1 heterocycles. The molecule has 19 heavy (non-hydrogen) atoms. The van der Waals surface area contributed by atoms with Gasteiger partial charge < -0.3 is 9.64 Å². The first kappa shape index (κ1) is 16.4. The van der Waals surface area contributed by atoms with Crippen LogP contribution >= 0.6 is 24.4 Å². The number of carbonyl (C=O) groups excluding carboxylic acids is 3. The monoisotopic (exact) mass is 305 g/mol. The zero-order valence-electron chi connectivity index (χ0n) is 11.5. The molecule has 5 nitrogen and oxygen atoms in total. The van der Waals surface area contributed by atoms with Gasteiger partial charge in [0.05, 0.1) is 23.7 Å². The van der Waals surface area contributed by atoms with Crippen molar-refractivity contribution in [1.82, 2.24) is 4.90 Å². The summed E-state index contributed by atoms with van der Waals surface area (Å²) in [5.41, 5.74) is -0.952. The Kier molecular flexibility index (Phi) is 5.32. The topological polar surface area (TPSA) is 63.7 Å². The standard InChI is InChI=1S/C12H19NO4S2/c1-7(14)9(18)12(2,3)11(16)13-6-19-5-8(13)10(15)17-4/h8-9,18H,5-6H2,1-4H3. The second kappa shape index (κ2) is 6.17. The minimum atomic E-state index is -0.952. The first-order chi connectivity index (χ1) is 8.73. The van der Waals surface area contributed by atoms with Gasteiger partial charge in [0, 0.05) is 5.75 Å². The van der Waals surface area contributed by atoms with Crippen molar-refractivity contribution in [2.45, 2.75) is 32.1 Å². The van der Waals surface area contributed by atoms with Crippen LogP contribution < -0.4 is 0 Å². The summed E-state index contributed by atoms with van der Waals surface area (Å²) in [5, 5.41) is -0.691. The molecular weight excluding hydrogens is 286 g/mol. The molecule has 1 aliphatic rings. The average molecular weight is 305 g/mol. The molecule has 0 aromatic carbocycles. The van der Waals surface area contributed by atoms with E-state index in [0.717, 1.165) is 0 Å². The molecule has 0 aromatic rings. The van der Waals surface area contributed by atoms with Crippen molar-refractivity contribution < 1.29 is 19.1 Å². The van der Waals surface area contributed by atoms with Gasteiger partial charge in [-0.2, -0.15) is 12.6 Å². The number of hydrogen-bond acceptors (Lipinski definition) is 6. The van der Waals surface area contributed by atoms with Crippen LogP contribution in [0.4, 0.5) is 0 Å². The Balaban J connectivity index is 2.92. The molecule has 1 fully saturated rings. The summed E-state index contributed by atoms with van der Waals surface area (Å²) in [7, 11) is 1.30. The van der Waals surface area contributed by atoms with Gasteiger partial charge in [-0.1, -0.05) is 0 Å². The van der Waals surface area contributed by atoms with Gasteiger partial charge in [0.25, 0.3) is 0 Å². The van der Waals surface area contributed by atoms with E-state index in [1.165, 1.54) is 30.7 Å². The summed E-state index contributed by atoms with van der Waals surface area (Å²) in [6.07, 6.45) is 0. The van der Waals surface area contributed by atoms with E-state index in [4.69, 9.17) is 4.74 Å². The van der Waals surface area contributed by atoms with E-state index in [1.807, 2.05) is 0 Å². The number of ether oxygens (including phenoxy) is 1. The summed E-state index contributed by atoms with van der Waals surface area (Å²) in [4.78, 5) is 37.1. The van der Waals surface area contributed by atoms with Gasteiger partial charge in [-0.25, -0.2) is 4.79 Å². The second-order valence-electron chi connectivity index (χ2n) is 5.05. The maximum Gasteiger partial charge on any atom is 0.329 e. The third-order valence-electron chi connectivity index (χ3n) is 3.24. The minimum Gasteiger partial charge on any atom is -0.467 e. The van der Waals surface area contributed by atoms with Crippen molar-refractivity contribution in [2.75, 3.05) is 18.7 Å². The molecule has 0 saturated carbocycles. The number of thiol groups is 1. The van der Waals surface area contributed by atoms with Crippen LogP contribution in [0.2, 0.25) is 0 Å². The number of ketones is 1. The van der Waals surface area contributed by atoms with Gasteiger partial charge in [-0.3, -0.25) is 9.59 Å². The first-order valence-electron chi connectivity index (χ1n) is 5.88. The van der Waals surface area contributed by atoms with Gasteiger partial charge in [0.1, 0.15) is 11.8 Å². The van der Waals surface area contributed by atoms with Gasteiger partial charge in [0.2, 0.25) is 5.91 Å². The number of nitrogens with zero attached hydrogens (tertiary/aromatic N) is 1. The highest BCUT2D eigenvalue weighted by molar-refractivity contribution is 7.99. The number of hydrogen-bond donors (Lipinski definition) is 1. The predicted octanol–water partition coefficient (Wildman–Crippen LogP) is 0.974. The Hall–Kier alpha value is -0.690. The van der Waals surface area contributed by atoms with Crippen LogP contribution in [0.1, 0.15) is 20.8 Å². The highest BCUT2D eigenvalue weighted by Crippen LogP contribution is 2.33. The van der Waals surface area contributed by atoms with Gasteiger partial charge >= 0.3 is 5.97 Å². The molecule has 2 atom stereocenters. The lowest BCUT2D eigenvalue weighted by Crippen LogP contribution is -2.51. The number of carbonyl (C=O) groups is 3. The van der Waals surface area contributed by atoms with E-state index in [0.29, 0.717) is 11.6 Å². The van der Waals surface area contributed by atoms with Crippen LogP contribution in [0.5, 0.6) is 0 Å². The first-order valence-corrected chi connectivity index (χ1v) is 7.55. The molecule has 1 amide bonds. The Morgan fingerprint density at radius 1 is 1.42 bits per heavy atom. The lowest BCUT2D eigenvalue weighted by molar-refractivity contribution is -0.154. The molecule has 1 saturated heterocycles. The van der Waals surface area contributed by atoms with E-state index < -0.39 is 22.7 Å². The summed E-state index contributed by atoms with van der Waals surface area (Å²) in [5.74, 6) is 0.116. The lowest BCUT2D eigenvalue weighted by Gasteiger charge is -2.34. The number of amides is 1. The molecule has 7 heteroatoms. The summed E-state index contributed by atoms with van der Waals surface area (Å²) in [6, 6.07) is -0.575. The summed E-state index contributed by atoms with van der Waals surface area (Å²) < 4.78 is 4.70. The molecule has 0 N–H and O–H groups in total. The van der Waals surface area contributed by atoms with E-state index in [-0.39, 0.29) is 11.7 Å². The average Bonchev–Trinajstić information content (AvgIpc) is 2.84. The van der Waals surface area contributed by atoms with Crippen molar-refractivity contribution in [1.29, 1.82) is 0 Å².